The maximum Gasteiger partial charge on any atom is 0.122 e. The summed E-state index contributed by atoms with van der Waals surface area (Å²) in [6.07, 6.45) is 0. The number of aromatic nitrogens is 2. The predicted molar refractivity (Wildman–Crippen MR) is 105 cm³/mol. The molecule has 25 heavy (non-hydrogen) atoms. The highest BCUT2D eigenvalue weighted by atomic mass is 16.5. The van der Waals surface area contributed by atoms with Crippen LogP contribution in [0.5, 0.6) is 5.75 Å². The van der Waals surface area contributed by atoms with E-state index in [-0.39, 0.29) is 0 Å². The quantitative estimate of drug-likeness (QED) is 0.350. The molecule has 0 aliphatic rings. The summed E-state index contributed by atoms with van der Waals surface area (Å²) < 4.78 is 5.66. The van der Waals surface area contributed by atoms with Crippen molar-refractivity contribution in [3.63, 3.8) is 0 Å². The Morgan fingerprint density at radius 1 is 0.920 bits per heavy atom. The maximum absolute atomic E-state index is 5.66. The number of hydrogen-bond acceptors (Lipinski definition) is 3. The number of methoxy groups -OCH3 is 1. The molecule has 0 radical (unpaired) electrons. The van der Waals surface area contributed by atoms with E-state index in [0.29, 0.717) is 5.92 Å². The van der Waals surface area contributed by atoms with E-state index in [1.807, 2.05) is 24.3 Å². The van der Waals surface area contributed by atoms with Crippen molar-refractivity contribution in [2.45, 2.75) is 33.6 Å². The van der Waals surface area contributed by atoms with Gasteiger partial charge in [0.05, 0.1) is 29.2 Å². The minimum absolute atomic E-state index is 0.405. The van der Waals surface area contributed by atoms with Crippen molar-refractivity contribution in [1.29, 1.82) is 0 Å². The van der Waals surface area contributed by atoms with Crippen molar-refractivity contribution in [1.82, 2.24) is 9.97 Å². The fourth-order valence-electron chi connectivity index (χ4n) is 3.68. The molecule has 3 heteroatoms. The predicted octanol–water partition coefficient (Wildman–Crippen LogP) is 5.69. The fraction of sp³-hybridized carbons (Fsp3) is 0.273. The largest absolute Gasteiger partial charge is 0.496 e. The van der Waals surface area contributed by atoms with E-state index in [2.05, 4.69) is 39.8 Å². The Kier molecular flexibility index (Phi) is 3.60. The van der Waals surface area contributed by atoms with Crippen LogP contribution in [0.15, 0.2) is 36.4 Å². The van der Waals surface area contributed by atoms with Crippen LogP contribution in [0.1, 0.15) is 36.5 Å². The smallest absolute Gasteiger partial charge is 0.122 e. The summed E-state index contributed by atoms with van der Waals surface area (Å²) in [7, 11) is 1.73. The van der Waals surface area contributed by atoms with Crippen LogP contribution in [0, 0.1) is 13.8 Å². The molecule has 0 spiro atoms. The summed E-state index contributed by atoms with van der Waals surface area (Å²) in [6.45, 7) is 8.66. The van der Waals surface area contributed by atoms with E-state index in [1.165, 1.54) is 10.9 Å². The first-order valence-electron chi connectivity index (χ1n) is 8.68. The SMILES string of the molecule is COc1cc(C(C)C)c2cc(C)c3nc4ccccc4nc3c2c1C. The Balaban J connectivity index is 2.29. The summed E-state index contributed by atoms with van der Waals surface area (Å²) >= 11 is 0. The molecule has 126 valence electrons. The van der Waals surface area contributed by atoms with Gasteiger partial charge >= 0.3 is 0 Å². The number of rotatable bonds is 2. The monoisotopic (exact) mass is 330 g/mol. The van der Waals surface area contributed by atoms with Gasteiger partial charge in [0.2, 0.25) is 0 Å². The number of benzene rings is 3. The first kappa shape index (κ1) is 15.8. The summed E-state index contributed by atoms with van der Waals surface area (Å²) in [5, 5.41) is 2.41. The van der Waals surface area contributed by atoms with Gasteiger partial charge in [0.1, 0.15) is 5.75 Å². The highest BCUT2D eigenvalue weighted by molar-refractivity contribution is 6.10. The summed E-state index contributed by atoms with van der Waals surface area (Å²) in [6, 6.07) is 12.5. The highest BCUT2D eigenvalue weighted by Crippen LogP contribution is 2.39. The maximum atomic E-state index is 5.66. The summed E-state index contributed by atoms with van der Waals surface area (Å²) in [4.78, 5) is 9.88. The van der Waals surface area contributed by atoms with Crippen LogP contribution >= 0.6 is 0 Å². The molecule has 0 bridgehead atoms. The average molecular weight is 330 g/mol. The van der Waals surface area contributed by atoms with Crippen LogP contribution in [0.2, 0.25) is 0 Å². The zero-order valence-electron chi connectivity index (χ0n) is 15.3. The van der Waals surface area contributed by atoms with Crippen molar-refractivity contribution < 1.29 is 4.74 Å². The molecule has 0 aliphatic heterocycles. The van der Waals surface area contributed by atoms with Crippen molar-refractivity contribution in [2.75, 3.05) is 7.11 Å². The molecule has 0 aliphatic carbocycles. The average Bonchev–Trinajstić information content (AvgIpc) is 2.60. The molecule has 3 aromatic carbocycles. The Morgan fingerprint density at radius 2 is 1.56 bits per heavy atom. The third-order valence-electron chi connectivity index (χ3n) is 5.00. The molecule has 0 saturated carbocycles. The molecule has 3 nitrogen and oxygen atoms in total. The van der Waals surface area contributed by atoms with Gasteiger partial charge in [-0.05, 0) is 60.5 Å². The standard InChI is InChI=1S/C22H22N2O/c1-12(2)15-11-19(25-5)14(4)20-16(15)10-13(3)21-22(20)24-18-9-7-6-8-17(18)23-21/h6-12H,1-5H3. The number of aryl methyl sites for hydroxylation is 2. The summed E-state index contributed by atoms with van der Waals surface area (Å²) in [5.74, 6) is 1.32. The Hall–Kier alpha value is -2.68. The zero-order valence-corrected chi connectivity index (χ0v) is 15.3. The lowest BCUT2D eigenvalue weighted by molar-refractivity contribution is 0.412. The van der Waals surface area contributed by atoms with Crippen molar-refractivity contribution in [3.05, 3.63) is 53.1 Å². The van der Waals surface area contributed by atoms with Crippen molar-refractivity contribution in [3.8, 4) is 5.75 Å². The third-order valence-corrected chi connectivity index (χ3v) is 5.00. The molecule has 4 rings (SSSR count). The molecule has 0 N–H and O–H groups in total. The number of nitrogens with zero attached hydrogens (tertiary/aromatic N) is 2. The van der Waals surface area contributed by atoms with Gasteiger partial charge in [-0.25, -0.2) is 9.97 Å². The second kappa shape index (κ2) is 5.69. The lowest BCUT2D eigenvalue weighted by Gasteiger charge is -2.18. The molecule has 4 aromatic rings. The molecular weight excluding hydrogens is 308 g/mol. The fourth-order valence-corrected chi connectivity index (χ4v) is 3.68. The van der Waals surface area contributed by atoms with Gasteiger partial charge in [0.25, 0.3) is 0 Å². The number of para-hydroxylation sites is 2. The van der Waals surface area contributed by atoms with Crippen LogP contribution in [0.3, 0.4) is 0 Å². The Morgan fingerprint density at radius 3 is 2.16 bits per heavy atom. The topological polar surface area (TPSA) is 35.0 Å². The van der Waals surface area contributed by atoms with Gasteiger partial charge in [-0.15, -0.1) is 0 Å². The van der Waals surface area contributed by atoms with E-state index in [1.54, 1.807) is 7.11 Å². The molecule has 0 atom stereocenters. The number of hydrogen-bond donors (Lipinski definition) is 0. The molecule has 0 amide bonds. The summed E-state index contributed by atoms with van der Waals surface area (Å²) in [5.41, 5.74) is 7.36. The highest BCUT2D eigenvalue weighted by Gasteiger charge is 2.17. The van der Waals surface area contributed by atoms with E-state index in [4.69, 9.17) is 14.7 Å². The van der Waals surface area contributed by atoms with Crippen LogP contribution in [-0.2, 0) is 0 Å². The molecule has 1 heterocycles. The van der Waals surface area contributed by atoms with Crippen molar-refractivity contribution >= 4 is 32.8 Å². The van der Waals surface area contributed by atoms with Gasteiger partial charge in [-0.1, -0.05) is 26.0 Å². The van der Waals surface area contributed by atoms with Gasteiger partial charge in [-0.3, -0.25) is 0 Å². The number of fused-ring (bicyclic) bond motifs is 4. The first-order chi connectivity index (χ1) is 12.0. The van der Waals surface area contributed by atoms with E-state index < -0.39 is 0 Å². The lowest BCUT2D eigenvalue weighted by Crippen LogP contribution is -1.99. The lowest BCUT2D eigenvalue weighted by atomic mass is 9.90. The normalized spacial score (nSPS) is 11.8. The van der Waals surface area contributed by atoms with Gasteiger partial charge in [0.15, 0.2) is 0 Å². The zero-order chi connectivity index (χ0) is 17.7. The first-order valence-corrected chi connectivity index (χ1v) is 8.68. The van der Waals surface area contributed by atoms with E-state index >= 15 is 0 Å². The Bertz CT molecular complexity index is 1130. The second-order valence-electron chi connectivity index (χ2n) is 6.97. The van der Waals surface area contributed by atoms with Crippen LogP contribution in [-0.4, -0.2) is 17.1 Å². The van der Waals surface area contributed by atoms with Gasteiger partial charge in [-0.2, -0.15) is 0 Å². The minimum atomic E-state index is 0.405. The number of ether oxygens (including phenoxy) is 1. The van der Waals surface area contributed by atoms with Crippen LogP contribution in [0.25, 0.3) is 32.8 Å². The molecule has 0 fully saturated rings. The molecular formula is C22H22N2O. The Labute approximate surface area is 147 Å². The van der Waals surface area contributed by atoms with Crippen LogP contribution < -0.4 is 4.74 Å². The van der Waals surface area contributed by atoms with E-state index in [9.17, 15) is 0 Å². The second-order valence-corrected chi connectivity index (χ2v) is 6.97. The molecule has 1 aromatic heterocycles. The molecule has 0 saturated heterocycles. The van der Waals surface area contributed by atoms with Gasteiger partial charge in [0, 0.05) is 10.9 Å². The van der Waals surface area contributed by atoms with E-state index in [0.717, 1.165) is 44.3 Å². The van der Waals surface area contributed by atoms with Crippen LogP contribution in [0.4, 0.5) is 0 Å². The third kappa shape index (κ3) is 2.34. The van der Waals surface area contributed by atoms with Gasteiger partial charge < -0.3 is 4.74 Å². The van der Waals surface area contributed by atoms with Crippen molar-refractivity contribution in [2.24, 2.45) is 0 Å². The molecule has 0 unspecified atom stereocenters. The minimum Gasteiger partial charge on any atom is -0.496 e.